The third-order valence-electron chi connectivity index (χ3n) is 4.02. The Bertz CT molecular complexity index is 362. The van der Waals surface area contributed by atoms with Crippen LogP contribution < -0.4 is 5.32 Å². The first-order valence-electron chi connectivity index (χ1n) is 7.70. The second kappa shape index (κ2) is 8.34. The van der Waals surface area contributed by atoms with Crippen molar-refractivity contribution in [2.45, 2.75) is 51.6 Å². The summed E-state index contributed by atoms with van der Waals surface area (Å²) >= 11 is 0. The van der Waals surface area contributed by atoms with Gasteiger partial charge in [0.1, 0.15) is 11.6 Å². The van der Waals surface area contributed by atoms with E-state index in [1.54, 1.807) is 18.9 Å². The zero-order chi connectivity index (χ0) is 15.9. The standard InChI is InChI=1S/C15H28N2O4/c1-5-12-13(18)16-15(3,6-2)14(19)17(12)8-7-9-21-11-10-20-4/h12H,5-11H2,1-4H3,(H,16,18). The van der Waals surface area contributed by atoms with Crippen LogP contribution in [0, 0.1) is 0 Å². The molecule has 1 fully saturated rings. The smallest absolute Gasteiger partial charge is 0.248 e. The molecule has 21 heavy (non-hydrogen) atoms. The number of methoxy groups -OCH3 is 1. The third-order valence-corrected chi connectivity index (χ3v) is 4.02. The largest absolute Gasteiger partial charge is 0.382 e. The topological polar surface area (TPSA) is 67.9 Å². The minimum Gasteiger partial charge on any atom is -0.382 e. The van der Waals surface area contributed by atoms with Crippen LogP contribution in [0.15, 0.2) is 0 Å². The summed E-state index contributed by atoms with van der Waals surface area (Å²) in [4.78, 5) is 26.5. The van der Waals surface area contributed by atoms with Crippen LogP contribution in [0.5, 0.6) is 0 Å². The van der Waals surface area contributed by atoms with E-state index < -0.39 is 5.54 Å². The van der Waals surface area contributed by atoms with Gasteiger partial charge in [-0.25, -0.2) is 0 Å². The van der Waals surface area contributed by atoms with Crippen LogP contribution in [0.4, 0.5) is 0 Å². The van der Waals surface area contributed by atoms with Crippen molar-refractivity contribution in [2.24, 2.45) is 0 Å². The molecule has 2 atom stereocenters. The van der Waals surface area contributed by atoms with Crippen molar-refractivity contribution in [3.05, 3.63) is 0 Å². The van der Waals surface area contributed by atoms with Crippen molar-refractivity contribution in [3.8, 4) is 0 Å². The molecule has 122 valence electrons. The summed E-state index contributed by atoms with van der Waals surface area (Å²) in [5, 5.41) is 2.86. The van der Waals surface area contributed by atoms with E-state index in [-0.39, 0.29) is 17.9 Å². The number of nitrogens with zero attached hydrogens (tertiary/aromatic N) is 1. The van der Waals surface area contributed by atoms with Gasteiger partial charge in [0.25, 0.3) is 0 Å². The van der Waals surface area contributed by atoms with Gasteiger partial charge >= 0.3 is 0 Å². The zero-order valence-electron chi connectivity index (χ0n) is 13.6. The van der Waals surface area contributed by atoms with E-state index in [1.807, 2.05) is 13.8 Å². The molecule has 0 saturated carbocycles. The molecule has 2 amide bonds. The van der Waals surface area contributed by atoms with E-state index in [2.05, 4.69) is 5.32 Å². The van der Waals surface area contributed by atoms with Crippen LogP contribution in [0.3, 0.4) is 0 Å². The van der Waals surface area contributed by atoms with Gasteiger partial charge in [-0.3, -0.25) is 9.59 Å². The number of carbonyl (C=O) groups is 2. The summed E-state index contributed by atoms with van der Waals surface area (Å²) in [6.45, 7) is 7.86. The van der Waals surface area contributed by atoms with Crippen LogP contribution in [-0.4, -0.2) is 61.8 Å². The van der Waals surface area contributed by atoms with Gasteiger partial charge in [0, 0.05) is 20.3 Å². The van der Waals surface area contributed by atoms with Gasteiger partial charge in [0.05, 0.1) is 13.2 Å². The fourth-order valence-corrected chi connectivity index (χ4v) is 2.49. The van der Waals surface area contributed by atoms with Crippen molar-refractivity contribution in [1.29, 1.82) is 0 Å². The van der Waals surface area contributed by atoms with Crippen LogP contribution in [-0.2, 0) is 19.1 Å². The Morgan fingerprint density at radius 1 is 1.24 bits per heavy atom. The molecule has 0 aromatic carbocycles. The highest BCUT2D eigenvalue weighted by molar-refractivity contribution is 5.99. The number of carbonyl (C=O) groups excluding carboxylic acids is 2. The minimum absolute atomic E-state index is 0.00772. The maximum Gasteiger partial charge on any atom is 0.248 e. The normalized spacial score (nSPS) is 26.1. The quantitative estimate of drug-likeness (QED) is 0.644. The Morgan fingerprint density at radius 2 is 1.95 bits per heavy atom. The van der Waals surface area contributed by atoms with Gasteiger partial charge < -0.3 is 19.7 Å². The molecule has 1 saturated heterocycles. The lowest BCUT2D eigenvalue weighted by atomic mass is 9.91. The molecule has 6 heteroatoms. The summed E-state index contributed by atoms with van der Waals surface area (Å²) in [5.41, 5.74) is -0.778. The molecule has 1 aliphatic heterocycles. The summed E-state index contributed by atoms with van der Waals surface area (Å²) in [6.07, 6.45) is 1.94. The average Bonchev–Trinajstić information content (AvgIpc) is 2.47. The van der Waals surface area contributed by atoms with Gasteiger partial charge in [-0.2, -0.15) is 0 Å². The number of rotatable bonds is 9. The summed E-state index contributed by atoms with van der Waals surface area (Å²) in [7, 11) is 1.63. The summed E-state index contributed by atoms with van der Waals surface area (Å²) in [6, 6.07) is -0.365. The molecule has 0 spiro atoms. The van der Waals surface area contributed by atoms with E-state index >= 15 is 0 Å². The monoisotopic (exact) mass is 300 g/mol. The van der Waals surface area contributed by atoms with Gasteiger partial charge in [-0.05, 0) is 26.2 Å². The molecule has 1 N–H and O–H groups in total. The SMILES string of the molecule is CCC1C(=O)NC(C)(CC)C(=O)N1CCCOCCOC. The molecule has 1 aliphatic rings. The van der Waals surface area contributed by atoms with Crippen molar-refractivity contribution < 1.29 is 19.1 Å². The van der Waals surface area contributed by atoms with E-state index in [0.717, 1.165) is 6.42 Å². The number of amides is 2. The summed E-state index contributed by atoms with van der Waals surface area (Å²) in [5.74, 6) is -0.0462. The molecule has 6 nitrogen and oxygen atoms in total. The van der Waals surface area contributed by atoms with Crippen molar-refractivity contribution in [2.75, 3.05) is 33.5 Å². The molecule has 2 unspecified atom stereocenters. The number of nitrogens with one attached hydrogen (secondary N) is 1. The molecule has 0 bridgehead atoms. The molecular formula is C15H28N2O4. The fraction of sp³-hybridized carbons (Fsp3) is 0.867. The molecule has 1 heterocycles. The Hall–Kier alpha value is -1.14. The number of piperazine rings is 1. The van der Waals surface area contributed by atoms with Crippen molar-refractivity contribution in [1.82, 2.24) is 10.2 Å². The molecule has 0 aromatic heterocycles. The van der Waals surface area contributed by atoms with Crippen LogP contribution in [0.2, 0.25) is 0 Å². The number of hydrogen-bond donors (Lipinski definition) is 1. The Balaban J connectivity index is 2.58. The van der Waals surface area contributed by atoms with E-state index in [4.69, 9.17) is 9.47 Å². The highest BCUT2D eigenvalue weighted by atomic mass is 16.5. The molecule has 1 rings (SSSR count). The maximum atomic E-state index is 12.6. The predicted molar refractivity (Wildman–Crippen MR) is 79.9 cm³/mol. The predicted octanol–water partition coefficient (Wildman–Crippen LogP) is 0.945. The maximum absolute atomic E-state index is 12.6. The first-order valence-corrected chi connectivity index (χ1v) is 7.70. The molecule has 0 radical (unpaired) electrons. The first-order chi connectivity index (χ1) is 10.00. The lowest BCUT2D eigenvalue weighted by Gasteiger charge is -2.44. The Morgan fingerprint density at radius 3 is 2.52 bits per heavy atom. The second-order valence-electron chi connectivity index (χ2n) is 5.56. The van der Waals surface area contributed by atoms with E-state index in [1.165, 1.54) is 0 Å². The van der Waals surface area contributed by atoms with Crippen LogP contribution in [0.1, 0.15) is 40.0 Å². The first kappa shape index (κ1) is 17.9. The zero-order valence-corrected chi connectivity index (χ0v) is 13.6. The van der Waals surface area contributed by atoms with E-state index in [9.17, 15) is 9.59 Å². The van der Waals surface area contributed by atoms with Crippen molar-refractivity contribution in [3.63, 3.8) is 0 Å². The Labute approximate surface area is 127 Å². The fourth-order valence-electron chi connectivity index (χ4n) is 2.49. The third kappa shape index (κ3) is 4.41. The Kier molecular flexibility index (Phi) is 7.11. The highest BCUT2D eigenvalue weighted by Crippen LogP contribution is 2.23. The molecule has 0 aliphatic carbocycles. The average molecular weight is 300 g/mol. The number of ether oxygens (including phenoxy) is 2. The lowest BCUT2D eigenvalue weighted by molar-refractivity contribution is -0.154. The van der Waals surface area contributed by atoms with Crippen LogP contribution >= 0.6 is 0 Å². The number of hydrogen-bond acceptors (Lipinski definition) is 4. The lowest BCUT2D eigenvalue weighted by Crippen LogP contribution is -2.69. The molecular weight excluding hydrogens is 272 g/mol. The van der Waals surface area contributed by atoms with Gasteiger partial charge in [0.2, 0.25) is 11.8 Å². The molecule has 0 aromatic rings. The summed E-state index contributed by atoms with van der Waals surface area (Å²) < 4.78 is 10.3. The highest BCUT2D eigenvalue weighted by Gasteiger charge is 2.45. The van der Waals surface area contributed by atoms with Gasteiger partial charge in [-0.1, -0.05) is 13.8 Å². The van der Waals surface area contributed by atoms with Crippen molar-refractivity contribution >= 4 is 11.8 Å². The van der Waals surface area contributed by atoms with Gasteiger partial charge in [-0.15, -0.1) is 0 Å². The van der Waals surface area contributed by atoms with Gasteiger partial charge in [0.15, 0.2) is 0 Å². The van der Waals surface area contributed by atoms with E-state index in [0.29, 0.717) is 39.2 Å². The van der Waals surface area contributed by atoms with Crippen LogP contribution in [0.25, 0.3) is 0 Å². The minimum atomic E-state index is -0.778. The second-order valence-corrected chi connectivity index (χ2v) is 5.56.